The van der Waals surface area contributed by atoms with Crippen LogP contribution in [0.25, 0.3) is 0 Å². The van der Waals surface area contributed by atoms with Crippen LogP contribution in [0.2, 0.25) is 0 Å². The summed E-state index contributed by atoms with van der Waals surface area (Å²) in [7, 11) is 0. The molecule has 0 bridgehead atoms. The van der Waals surface area contributed by atoms with Crippen molar-refractivity contribution >= 4 is 18.5 Å². The van der Waals surface area contributed by atoms with Crippen LogP contribution in [0.1, 0.15) is 33.6 Å². The number of hydrogen-bond donors (Lipinski definition) is 0. The molecule has 5 heteroatoms. The molecule has 0 aromatic carbocycles. The van der Waals surface area contributed by atoms with Crippen LogP contribution in [-0.4, -0.2) is 19.8 Å². The molecule has 0 atom stereocenters. The first-order valence-corrected chi connectivity index (χ1v) is 7.27. The first-order chi connectivity index (χ1) is 6.18. The van der Waals surface area contributed by atoms with Crippen molar-refractivity contribution in [3.63, 3.8) is 0 Å². The normalized spacial score (nSPS) is 11.9. The SMILES string of the molecule is CCCCOP(=S)(OCC)OCC. The average Bonchev–Trinajstić information content (AvgIpc) is 2.05. The van der Waals surface area contributed by atoms with Crippen LogP contribution in [0, 0.1) is 0 Å². The minimum atomic E-state index is -2.42. The van der Waals surface area contributed by atoms with Crippen LogP contribution in [0.3, 0.4) is 0 Å². The van der Waals surface area contributed by atoms with E-state index >= 15 is 0 Å². The standard InChI is InChI=1S/C8H19O3PS/c1-4-7-8-11-12(13,9-5-2)10-6-3/h4-8H2,1-3H3. The van der Waals surface area contributed by atoms with Crippen LogP contribution in [0.15, 0.2) is 0 Å². The van der Waals surface area contributed by atoms with Gasteiger partial charge in [0.1, 0.15) is 0 Å². The summed E-state index contributed by atoms with van der Waals surface area (Å²) in [6.45, 7) is 5.20. The van der Waals surface area contributed by atoms with E-state index in [4.69, 9.17) is 25.4 Å². The maximum Gasteiger partial charge on any atom is 0.327 e. The Morgan fingerprint density at radius 1 is 1.00 bits per heavy atom. The van der Waals surface area contributed by atoms with E-state index in [1.807, 2.05) is 13.8 Å². The van der Waals surface area contributed by atoms with E-state index in [9.17, 15) is 0 Å². The summed E-state index contributed by atoms with van der Waals surface area (Å²) in [6, 6.07) is 0. The topological polar surface area (TPSA) is 27.7 Å². The molecule has 0 aliphatic heterocycles. The van der Waals surface area contributed by atoms with Crippen molar-refractivity contribution in [1.29, 1.82) is 0 Å². The molecule has 0 aromatic heterocycles. The maximum absolute atomic E-state index is 5.43. The van der Waals surface area contributed by atoms with Crippen molar-refractivity contribution in [1.82, 2.24) is 0 Å². The summed E-state index contributed by atoms with van der Waals surface area (Å²) in [4.78, 5) is 0. The van der Waals surface area contributed by atoms with Gasteiger partial charge in [-0.3, -0.25) is 0 Å². The van der Waals surface area contributed by atoms with E-state index in [0.29, 0.717) is 19.8 Å². The van der Waals surface area contributed by atoms with Gasteiger partial charge in [-0.2, -0.15) is 0 Å². The molecule has 0 aromatic rings. The Hall–Kier alpha value is 0.530. The van der Waals surface area contributed by atoms with Gasteiger partial charge >= 0.3 is 6.72 Å². The summed E-state index contributed by atoms with van der Waals surface area (Å²) in [5, 5.41) is 0. The molecule has 0 unspecified atom stereocenters. The van der Waals surface area contributed by atoms with Crippen LogP contribution in [-0.2, 0) is 25.4 Å². The van der Waals surface area contributed by atoms with Gasteiger partial charge in [0.05, 0.1) is 19.8 Å². The van der Waals surface area contributed by atoms with E-state index in [-0.39, 0.29) is 0 Å². The summed E-state index contributed by atoms with van der Waals surface area (Å²) in [5.74, 6) is 0. The maximum atomic E-state index is 5.43. The first-order valence-electron chi connectivity index (χ1n) is 4.72. The lowest BCUT2D eigenvalue weighted by molar-refractivity contribution is 0.165. The van der Waals surface area contributed by atoms with Gasteiger partial charge in [0.15, 0.2) is 0 Å². The van der Waals surface area contributed by atoms with E-state index in [1.165, 1.54) is 0 Å². The first kappa shape index (κ1) is 13.5. The molecule has 0 radical (unpaired) electrons. The van der Waals surface area contributed by atoms with Crippen molar-refractivity contribution < 1.29 is 13.6 Å². The van der Waals surface area contributed by atoms with Crippen LogP contribution in [0.5, 0.6) is 0 Å². The smallest absolute Gasteiger partial charge is 0.309 e. The third-order valence-electron chi connectivity index (χ3n) is 1.32. The fourth-order valence-electron chi connectivity index (χ4n) is 0.749. The van der Waals surface area contributed by atoms with Crippen LogP contribution in [0.4, 0.5) is 0 Å². The second-order valence-electron chi connectivity index (χ2n) is 2.47. The molecule has 13 heavy (non-hydrogen) atoms. The Balaban J connectivity index is 3.85. The minimum absolute atomic E-state index is 0.545. The van der Waals surface area contributed by atoms with Gasteiger partial charge in [0.25, 0.3) is 0 Å². The lowest BCUT2D eigenvalue weighted by atomic mass is 10.4. The molecular weight excluding hydrogens is 207 g/mol. The largest absolute Gasteiger partial charge is 0.327 e. The van der Waals surface area contributed by atoms with E-state index in [0.717, 1.165) is 12.8 Å². The molecule has 0 rings (SSSR count). The molecule has 0 saturated carbocycles. The van der Waals surface area contributed by atoms with Crippen molar-refractivity contribution in [2.75, 3.05) is 19.8 Å². The van der Waals surface area contributed by atoms with Crippen molar-refractivity contribution in [2.24, 2.45) is 0 Å². The predicted molar refractivity (Wildman–Crippen MR) is 58.4 cm³/mol. The summed E-state index contributed by atoms with van der Waals surface area (Å²) < 4.78 is 16.0. The van der Waals surface area contributed by atoms with E-state index < -0.39 is 6.72 Å². The minimum Gasteiger partial charge on any atom is -0.309 e. The van der Waals surface area contributed by atoms with E-state index in [2.05, 4.69) is 6.92 Å². The summed E-state index contributed by atoms with van der Waals surface area (Å²) in [6.07, 6.45) is 2.09. The molecule has 80 valence electrons. The molecule has 0 N–H and O–H groups in total. The second-order valence-corrected chi connectivity index (χ2v) is 5.48. The summed E-state index contributed by atoms with van der Waals surface area (Å²) in [5.41, 5.74) is 0. The summed E-state index contributed by atoms with van der Waals surface area (Å²) >= 11 is 5.16. The monoisotopic (exact) mass is 226 g/mol. The van der Waals surface area contributed by atoms with Gasteiger partial charge < -0.3 is 13.6 Å². The number of unbranched alkanes of at least 4 members (excludes halogenated alkanes) is 1. The van der Waals surface area contributed by atoms with Gasteiger partial charge in [-0.05, 0) is 32.1 Å². The molecule has 0 heterocycles. The molecule has 0 spiro atoms. The lowest BCUT2D eigenvalue weighted by Crippen LogP contribution is -2.00. The van der Waals surface area contributed by atoms with Gasteiger partial charge in [-0.25, -0.2) is 0 Å². The molecule has 0 aliphatic carbocycles. The highest BCUT2D eigenvalue weighted by Gasteiger charge is 2.18. The molecule has 0 saturated heterocycles. The van der Waals surface area contributed by atoms with Gasteiger partial charge in [-0.1, -0.05) is 13.3 Å². The third kappa shape index (κ3) is 6.58. The molecule has 3 nitrogen and oxygen atoms in total. The molecule has 0 fully saturated rings. The Labute approximate surface area is 86.0 Å². The highest BCUT2D eigenvalue weighted by atomic mass is 32.5. The fourth-order valence-corrected chi connectivity index (χ4v) is 2.81. The molecule has 0 aliphatic rings. The van der Waals surface area contributed by atoms with Crippen LogP contribution < -0.4 is 0 Å². The van der Waals surface area contributed by atoms with Gasteiger partial charge in [0.2, 0.25) is 0 Å². The van der Waals surface area contributed by atoms with Crippen molar-refractivity contribution in [2.45, 2.75) is 33.6 Å². The highest BCUT2D eigenvalue weighted by Crippen LogP contribution is 2.49. The van der Waals surface area contributed by atoms with Crippen LogP contribution >= 0.6 is 6.72 Å². The zero-order valence-electron chi connectivity index (χ0n) is 8.62. The molecule has 0 amide bonds. The second kappa shape index (κ2) is 7.89. The third-order valence-corrected chi connectivity index (χ3v) is 3.92. The van der Waals surface area contributed by atoms with Gasteiger partial charge in [-0.15, -0.1) is 0 Å². The zero-order valence-corrected chi connectivity index (χ0v) is 10.3. The van der Waals surface area contributed by atoms with Gasteiger partial charge in [0, 0.05) is 0 Å². The lowest BCUT2D eigenvalue weighted by Gasteiger charge is -2.20. The van der Waals surface area contributed by atoms with Crippen molar-refractivity contribution in [3.8, 4) is 0 Å². The van der Waals surface area contributed by atoms with Crippen molar-refractivity contribution in [3.05, 3.63) is 0 Å². The van der Waals surface area contributed by atoms with E-state index in [1.54, 1.807) is 0 Å². The fraction of sp³-hybridized carbons (Fsp3) is 1.00. The Morgan fingerprint density at radius 3 is 1.92 bits per heavy atom. The Bertz CT molecular complexity index is 153. The number of hydrogen-bond acceptors (Lipinski definition) is 4. The highest BCUT2D eigenvalue weighted by molar-refractivity contribution is 8.07. The molecular formula is C8H19O3PS. The Morgan fingerprint density at radius 2 is 1.54 bits per heavy atom. The predicted octanol–water partition coefficient (Wildman–Crippen LogP) is 3.10. The Kier molecular flexibility index (Phi) is 8.21. The average molecular weight is 226 g/mol. The quantitative estimate of drug-likeness (QED) is 0.469. The zero-order chi connectivity index (χ0) is 10.2. The number of rotatable bonds is 8.